The summed E-state index contributed by atoms with van der Waals surface area (Å²) >= 11 is 1.32. The Kier molecular flexibility index (Phi) is 6.68. The highest BCUT2D eigenvalue weighted by Gasteiger charge is 2.30. The summed E-state index contributed by atoms with van der Waals surface area (Å²) in [5.41, 5.74) is 0.795. The monoisotopic (exact) mass is 537 g/mol. The fraction of sp³-hybridized carbons (Fsp3) is 0.200. The Morgan fingerprint density at radius 2 is 1.84 bits per heavy atom. The third kappa shape index (κ3) is 4.52. The van der Waals surface area contributed by atoms with Gasteiger partial charge < -0.3 is 14.8 Å². The molecule has 0 spiro atoms. The number of hydrogen-bond donors (Lipinski definition) is 1. The van der Waals surface area contributed by atoms with Gasteiger partial charge in [0.25, 0.3) is 5.56 Å². The van der Waals surface area contributed by atoms with E-state index in [9.17, 15) is 23.6 Å². The van der Waals surface area contributed by atoms with Crippen molar-refractivity contribution < 1.29 is 28.2 Å². The summed E-state index contributed by atoms with van der Waals surface area (Å²) in [5.74, 6) is -1.80. The Hall–Kier alpha value is -4.52. The van der Waals surface area contributed by atoms with Crippen molar-refractivity contribution in [1.82, 2.24) is 19.3 Å². The molecule has 2 aromatic carbocycles. The minimum Gasteiger partial charge on any atom is -0.465 e. The number of fused-ring (bicyclic) bond motifs is 2. The smallest absolute Gasteiger partial charge is 0.339 e. The van der Waals surface area contributed by atoms with E-state index in [1.807, 2.05) is 0 Å². The first-order valence-electron chi connectivity index (χ1n) is 11.3. The van der Waals surface area contributed by atoms with E-state index in [1.54, 1.807) is 0 Å². The standard InChI is InChI=1S/C25H20FN5O6S/c1-36-23(34)13-3-8-17(24(35)37-2)19(9-13)28-20(32)10-16-12-38-25-29-21-18(22(33)30(16)25)11-27-31(21)15-6-4-14(26)5-7-15/h3-9,11,16H,10,12H2,1-2H3,(H,28,32). The zero-order chi connectivity index (χ0) is 27.0. The van der Waals surface area contributed by atoms with Crippen molar-refractivity contribution >= 4 is 46.3 Å². The lowest BCUT2D eigenvalue weighted by molar-refractivity contribution is -0.116. The van der Waals surface area contributed by atoms with Gasteiger partial charge in [-0.1, -0.05) is 11.8 Å². The van der Waals surface area contributed by atoms with Gasteiger partial charge in [0, 0.05) is 12.2 Å². The van der Waals surface area contributed by atoms with Gasteiger partial charge in [-0.25, -0.2) is 23.6 Å². The minimum absolute atomic E-state index is 0.0587. The molecule has 4 aromatic rings. The first-order chi connectivity index (χ1) is 18.3. The molecule has 0 fully saturated rings. The number of benzene rings is 2. The molecule has 1 N–H and O–H groups in total. The molecule has 1 aliphatic heterocycles. The van der Waals surface area contributed by atoms with Crippen molar-refractivity contribution in [3.8, 4) is 5.69 Å². The van der Waals surface area contributed by atoms with Crippen LogP contribution in [0.3, 0.4) is 0 Å². The van der Waals surface area contributed by atoms with Crippen LogP contribution in [0.1, 0.15) is 33.2 Å². The highest BCUT2D eigenvalue weighted by molar-refractivity contribution is 7.99. The van der Waals surface area contributed by atoms with Crippen LogP contribution in [0.2, 0.25) is 0 Å². The average molecular weight is 538 g/mol. The SMILES string of the molecule is COC(=O)c1ccc(C(=O)OC)c(NC(=O)CC2CSc3nc4c(cnn4-c4ccc(F)cc4)c(=O)n32)c1. The normalized spacial score (nSPS) is 14.2. The van der Waals surface area contributed by atoms with Crippen LogP contribution in [0.5, 0.6) is 0 Å². The van der Waals surface area contributed by atoms with Gasteiger partial charge in [-0.2, -0.15) is 5.10 Å². The molecule has 1 atom stereocenters. The molecule has 1 unspecified atom stereocenters. The number of carbonyl (C=O) groups excluding carboxylic acids is 3. The summed E-state index contributed by atoms with van der Waals surface area (Å²) in [7, 11) is 2.42. The molecule has 0 saturated carbocycles. The second-order valence-corrected chi connectivity index (χ2v) is 9.29. The van der Waals surface area contributed by atoms with Gasteiger partial charge in [0.1, 0.15) is 11.2 Å². The van der Waals surface area contributed by atoms with Crippen LogP contribution in [0, 0.1) is 5.82 Å². The summed E-state index contributed by atoms with van der Waals surface area (Å²) in [6.07, 6.45) is 1.30. The summed E-state index contributed by atoms with van der Waals surface area (Å²) in [4.78, 5) is 55.1. The Bertz CT molecular complexity index is 1650. The van der Waals surface area contributed by atoms with Crippen LogP contribution in [0.4, 0.5) is 10.1 Å². The van der Waals surface area contributed by atoms with Gasteiger partial charge >= 0.3 is 11.9 Å². The molecule has 0 aliphatic carbocycles. The van der Waals surface area contributed by atoms with E-state index in [2.05, 4.69) is 15.4 Å². The maximum absolute atomic E-state index is 13.4. The summed E-state index contributed by atoms with van der Waals surface area (Å²) in [6, 6.07) is 9.21. The number of methoxy groups -OCH3 is 2. The maximum atomic E-state index is 13.4. The number of amides is 1. The maximum Gasteiger partial charge on any atom is 0.339 e. The Balaban J connectivity index is 1.42. The Morgan fingerprint density at radius 3 is 2.55 bits per heavy atom. The van der Waals surface area contributed by atoms with Crippen LogP contribution >= 0.6 is 11.8 Å². The van der Waals surface area contributed by atoms with Crippen molar-refractivity contribution in [1.29, 1.82) is 0 Å². The van der Waals surface area contributed by atoms with Crippen molar-refractivity contribution in [2.45, 2.75) is 17.6 Å². The summed E-state index contributed by atoms with van der Waals surface area (Å²) in [5, 5.41) is 7.58. The van der Waals surface area contributed by atoms with Crippen molar-refractivity contribution in [3.63, 3.8) is 0 Å². The van der Waals surface area contributed by atoms with Crippen LogP contribution in [0.15, 0.2) is 58.6 Å². The number of hydrogen-bond acceptors (Lipinski definition) is 9. The van der Waals surface area contributed by atoms with E-state index < -0.39 is 29.7 Å². The molecular weight excluding hydrogens is 517 g/mol. The number of rotatable bonds is 6. The number of anilines is 1. The van der Waals surface area contributed by atoms with Gasteiger partial charge in [-0.3, -0.25) is 14.2 Å². The average Bonchev–Trinajstić information content (AvgIpc) is 3.53. The zero-order valence-electron chi connectivity index (χ0n) is 20.1. The predicted molar refractivity (Wildman–Crippen MR) is 135 cm³/mol. The van der Waals surface area contributed by atoms with E-state index >= 15 is 0 Å². The molecule has 11 nitrogen and oxygen atoms in total. The summed E-state index contributed by atoms with van der Waals surface area (Å²) in [6.45, 7) is 0. The molecule has 0 bridgehead atoms. The van der Waals surface area contributed by atoms with Crippen molar-refractivity contribution in [3.05, 3.63) is 76.0 Å². The molecule has 1 aliphatic rings. The van der Waals surface area contributed by atoms with Crippen LogP contribution in [-0.4, -0.2) is 57.1 Å². The molecular formula is C25H20FN5O6S. The third-order valence-electron chi connectivity index (χ3n) is 5.98. The quantitative estimate of drug-likeness (QED) is 0.291. The van der Waals surface area contributed by atoms with Crippen LogP contribution in [0.25, 0.3) is 16.7 Å². The fourth-order valence-corrected chi connectivity index (χ4v) is 5.28. The lowest BCUT2D eigenvalue weighted by Crippen LogP contribution is -2.28. The van der Waals surface area contributed by atoms with Gasteiger partial charge in [0.2, 0.25) is 5.91 Å². The fourth-order valence-electron chi connectivity index (χ4n) is 4.15. The van der Waals surface area contributed by atoms with Crippen molar-refractivity contribution in [2.75, 3.05) is 25.3 Å². The highest BCUT2D eigenvalue weighted by Crippen LogP contribution is 2.34. The van der Waals surface area contributed by atoms with E-state index in [1.165, 1.54) is 83.9 Å². The number of ether oxygens (including phenoxy) is 2. The molecule has 5 rings (SSSR count). The van der Waals surface area contributed by atoms with Gasteiger partial charge in [-0.05, 0) is 42.5 Å². The van der Waals surface area contributed by atoms with E-state index in [4.69, 9.17) is 9.47 Å². The first kappa shape index (κ1) is 25.1. The number of halogens is 1. The lowest BCUT2D eigenvalue weighted by Gasteiger charge is -2.15. The molecule has 2 aromatic heterocycles. The van der Waals surface area contributed by atoms with E-state index in [0.717, 1.165) is 0 Å². The third-order valence-corrected chi connectivity index (χ3v) is 7.08. The van der Waals surface area contributed by atoms with Crippen LogP contribution < -0.4 is 10.9 Å². The lowest BCUT2D eigenvalue weighted by atomic mass is 10.1. The molecule has 3 heterocycles. The Morgan fingerprint density at radius 1 is 1.11 bits per heavy atom. The zero-order valence-corrected chi connectivity index (χ0v) is 21.0. The Labute approximate surface area is 218 Å². The number of aromatic nitrogens is 4. The molecule has 13 heteroatoms. The number of thioether (sulfide) groups is 1. The number of nitrogens with zero attached hydrogens (tertiary/aromatic N) is 4. The first-order valence-corrected chi connectivity index (χ1v) is 12.3. The summed E-state index contributed by atoms with van der Waals surface area (Å²) < 4.78 is 25.7. The highest BCUT2D eigenvalue weighted by atomic mass is 32.2. The number of nitrogens with one attached hydrogen (secondary N) is 1. The topological polar surface area (TPSA) is 134 Å². The number of carbonyl (C=O) groups is 3. The molecule has 0 radical (unpaired) electrons. The van der Waals surface area contributed by atoms with Crippen molar-refractivity contribution in [2.24, 2.45) is 0 Å². The van der Waals surface area contributed by atoms with Gasteiger partial charge in [0.05, 0.1) is 49.0 Å². The second kappa shape index (κ2) is 10.1. The van der Waals surface area contributed by atoms with Crippen LogP contribution in [-0.2, 0) is 14.3 Å². The van der Waals surface area contributed by atoms with E-state index in [0.29, 0.717) is 22.2 Å². The molecule has 1 amide bonds. The van der Waals surface area contributed by atoms with Gasteiger partial charge in [-0.15, -0.1) is 0 Å². The molecule has 0 saturated heterocycles. The second-order valence-electron chi connectivity index (χ2n) is 8.30. The molecule has 194 valence electrons. The molecule has 38 heavy (non-hydrogen) atoms. The van der Waals surface area contributed by atoms with Gasteiger partial charge in [0.15, 0.2) is 10.8 Å². The largest absolute Gasteiger partial charge is 0.465 e. The minimum atomic E-state index is -0.695. The van der Waals surface area contributed by atoms with E-state index in [-0.39, 0.29) is 34.2 Å². The number of esters is 2. The predicted octanol–water partition coefficient (Wildman–Crippen LogP) is 2.97.